The van der Waals surface area contributed by atoms with Crippen molar-refractivity contribution in [3.63, 3.8) is 0 Å². The highest BCUT2D eigenvalue weighted by molar-refractivity contribution is 5.94. The molecule has 2 aromatic heterocycles. The van der Waals surface area contributed by atoms with Crippen molar-refractivity contribution in [2.45, 2.75) is 57.2 Å². The number of fused-ring (bicyclic) bond motifs is 1. The molecule has 3 heterocycles. The molecule has 1 N–H and O–H groups in total. The molecule has 0 saturated heterocycles. The topological polar surface area (TPSA) is 69.0 Å². The van der Waals surface area contributed by atoms with Gasteiger partial charge >= 0.3 is 0 Å². The molecule has 6 nitrogen and oxygen atoms in total. The van der Waals surface area contributed by atoms with E-state index in [0.29, 0.717) is 11.4 Å². The minimum absolute atomic E-state index is 0.0744. The van der Waals surface area contributed by atoms with E-state index >= 15 is 0 Å². The van der Waals surface area contributed by atoms with Gasteiger partial charge < -0.3 is 14.6 Å². The Morgan fingerprint density at radius 2 is 2.17 bits per heavy atom. The summed E-state index contributed by atoms with van der Waals surface area (Å²) >= 11 is 0. The van der Waals surface area contributed by atoms with Gasteiger partial charge in [-0.05, 0) is 31.7 Å². The number of amides is 1. The third-order valence-electron chi connectivity index (χ3n) is 4.84. The van der Waals surface area contributed by atoms with Crippen LogP contribution in [0.5, 0.6) is 5.88 Å². The van der Waals surface area contributed by atoms with Gasteiger partial charge in [-0.15, -0.1) is 0 Å². The Morgan fingerprint density at radius 3 is 3.00 bits per heavy atom. The molecule has 0 spiro atoms. The molecular formula is C18H22N4O2. The Morgan fingerprint density at radius 1 is 1.29 bits per heavy atom. The van der Waals surface area contributed by atoms with Crippen LogP contribution < -0.4 is 10.1 Å². The molecular weight excluding hydrogens is 304 g/mol. The van der Waals surface area contributed by atoms with E-state index in [2.05, 4.69) is 19.9 Å². The van der Waals surface area contributed by atoms with Crippen LogP contribution in [0.3, 0.4) is 0 Å². The summed E-state index contributed by atoms with van der Waals surface area (Å²) in [6.45, 7) is 0.775. The van der Waals surface area contributed by atoms with E-state index in [9.17, 15) is 4.79 Å². The first-order valence-corrected chi connectivity index (χ1v) is 8.70. The largest absolute Gasteiger partial charge is 0.474 e. The zero-order chi connectivity index (χ0) is 16.4. The molecule has 1 saturated carbocycles. The molecule has 0 radical (unpaired) electrons. The summed E-state index contributed by atoms with van der Waals surface area (Å²) in [5.74, 6) is 0.478. The Labute approximate surface area is 141 Å². The summed E-state index contributed by atoms with van der Waals surface area (Å²) in [7, 11) is 0. The standard InChI is InChI=1S/C18H22N4O2/c23-18(21-14-9-15-10-19-12-22(15)11-14)13-6-7-20-17(8-13)24-16-4-2-1-3-5-16/h6-8,10,12,14,16H,1-5,9,11H2,(H,21,23)/t14-/m0/s1. The Kier molecular flexibility index (Phi) is 4.19. The highest BCUT2D eigenvalue weighted by Crippen LogP contribution is 2.22. The Hall–Kier alpha value is -2.37. The molecule has 1 atom stereocenters. The molecule has 2 aliphatic rings. The second kappa shape index (κ2) is 6.63. The SMILES string of the molecule is O=C(N[C@H]1Cc2cncn2C1)c1ccnc(OC2CCCCC2)c1. The van der Waals surface area contributed by atoms with E-state index in [1.165, 1.54) is 19.3 Å². The van der Waals surface area contributed by atoms with Gasteiger partial charge in [-0.25, -0.2) is 9.97 Å². The van der Waals surface area contributed by atoms with E-state index in [1.54, 1.807) is 18.3 Å². The first-order valence-electron chi connectivity index (χ1n) is 8.70. The maximum Gasteiger partial charge on any atom is 0.251 e. The smallest absolute Gasteiger partial charge is 0.251 e. The van der Waals surface area contributed by atoms with Gasteiger partial charge in [0.05, 0.1) is 12.4 Å². The number of carbonyl (C=O) groups excluding carboxylic acids is 1. The van der Waals surface area contributed by atoms with Gasteiger partial charge in [0.2, 0.25) is 5.88 Å². The van der Waals surface area contributed by atoms with Crippen molar-refractivity contribution >= 4 is 5.91 Å². The van der Waals surface area contributed by atoms with Crippen LogP contribution in [0.25, 0.3) is 0 Å². The minimum atomic E-state index is -0.0744. The highest BCUT2D eigenvalue weighted by atomic mass is 16.5. The third kappa shape index (κ3) is 3.27. The average Bonchev–Trinajstić information content (AvgIpc) is 3.17. The molecule has 6 heteroatoms. The van der Waals surface area contributed by atoms with Crippen molar-refractivity contribution in [3.8, 4) is 5.88 Å². The summed E-state index contributed by atoms with van der Waals surface area (Å²) in [5.41, 5.74) is 1.77. The fourth-order valence-corrected chi connectivity index (χ4v) is 3.57. The average molecular weight is 326 g/mol. The molecule has 4 rings (SSSR count). The van der Waals surface area contributed by atoms with Crippen molar-refractivity contribution < 1.29 is 9.53 Å². The van der Waals surface area contributed by atoms with Gasteiger partial charge in [0.15, 0.2) is 0 Å². The van der Waals surface area contributed by atoms with Crippen molar-refractivity contribution in [2.75, 3.05) is 0 Å². The molecule has 0 bridgehead atoms. The van der Waals surface area contributed by atoms with E-state index in [4.69, 9.17) is 4.74 Å². The van der Waals surface area contributed by atoms with Crippen LogP contribution in [-0.4, -0.2) is 32.6 Å². The molecule has 1 fully saturated rings. The second-order valence-electron chi connectivity index (χ2n) is 6.67. The van der Waals surface area contributed by atoms with Crippen LogP contribution in [0.1, 0.15) is 48.2 Å². The zero-order valence-corrected chi connectivity index (χ0v) is 13.6. The summed E-state index contributed by atoms with van der Waals surface area (Å²) in [6, 6.07) is 3.60. The quantitative estimate of drug-likeness (QED) is 0.936. The number of rotatable bonds is 4. The molecule has 126 valence electrons. The van der Waals surface area contributed by atoms with Crippen LogP contribution in [-0.2, 0) is 13.0 Å². The number of ether oxygens (including phenoxy) is 1. The fourth-order valence-electron chi connectivity index (χ4n) is 3.57. The van der Waals surface area contributed by atoms with Crippen LogP contribution in [0.15, 0.2) is 30.9 Å². The number of carbonyl (C=O) groups is 1. The minimum Gasteiger partial charge on any atom is -0.474 e. The van der Waals surface area contributed by atoms with Crippen LogP contribution >= 0.6 is 0 Å². The lowest BCUT2D eigenvalue weighted by Gasteiger charge is -2.22. The van der Waals surface area contributed by atoms with Gasteiger partial charge in [-0.2, -0.15) is 0 Å². The molecule has 0 unspecified atom stereocenters. The van der Waals surface area contributed by atoms with Crippen molar-refractivity contribution in [1.82, 2.24) is 19.9 Å². The number of hydrogen-bond acceptors (Lipinski definition) is 4. The number of hydrogen-bond donors (Lipinski definition) is 1. The van der Waals surface area contributed by atoms with E-state index < -0.39 is 0 Å². The second-order valence-corrected chi connectivity index (χ2v) is 6.67. The van der Waals surface area contributed by atoms with Gasteiger partial charge in [0.25, 0.3) is 5.91 Å². The van der Waals surface area contributed by atoms with E-state index in [-0.39, 0.29) is 18.1 Å². The number of nitrogens with one attached hydrogen (secondary N) is 1. The number of nitrogens with zero attached hydrogens (tertiary/aromatic N) is 3. The fraction of sp³-hybridized carbons (Fsp3) is 0.500. The summed E-state index contributed by atoms with van der Waals surface area (Å²) in [5, 5.41) is 3.09. The monoisotopic (exact) mass is 326 g/mol. The van der Waals surface area contributed by atoms with Crippen LogP contribution in [0.2, 0.25) is 0 Å². The zero-order valence-electron chi connectivity index (χ0n) is 13.6. The maximum absolute atomic E-state index is 12.5. The lowest BCUT2D eigenvalue weighted by atomic mass is 9.98. The molecule has 24 heavy (non-hydrogen) atoms. The predicted molar refractivity (Wildman–Crippen MR) is 88.9 cm³/mol. The Bertz CT molecular complexity index is 701. The summed E-state index contributed by atoms with van der Waals surface area (Å²) < 4.78 is 8.03. The van der Waals surface area contributed by atoms with Crippen LogP contribution in [0.4, 0.5) is 0 Å². The van der Waals surface area contributed by atoms with Gasteiger partial charge in [0.1, 0.15) is 6.10 Å². The van der Waals surface area contributed by atoms with Gasteiger partial charge in [0, 0.05) is 42.7 Å². The first kappa shape index (κ1) is 15.2. The van der Waals surface area contributed by atoms with Crippen molar-refractivity contribution in [2.24, 2.45) is 0 Å². The summed E-state index contributed by atoms with van der Waals surface area (Å²) in [6.07, 6.45) is 12.2. The molecule has 1 aliphatic carbocycles. The van der Waals surface area contributed by atoms with E-state index in [1.807, 2.05) is 12.5 Å². The molecule has 1 aliphatic heterocycles. The Balaban J connectivity index is 1.37. The molecule has 2 aromatic rings. The number of aromatic nitrogens is 3. The normalized spacial score (nSPS) is 20.6. The van der Waals surface area contributed by atoms with E-state index in [0.717, 1.165) is 31.5 Å². The summed E-state index contributed by atoms with van der Waals surface area (Å²) in [4.78, 5) is 20.9. The molecule has 1 amide bonds. The first-order chi connectivity index (χ1) is 11.8. The lowest BCUT2D eigenvalue weighted by molar-refractivity contribution is 0.0934. The third-order valence-corrected chi connectivity index (χ3v) is 4.84. The van der Waals surface area contributed by atoms with Gasteiger partial charge in [-0.3, -0.25) is 4.79 Å². The van der Waals surface area contributed by atoms with Crippen molar-refractivity contribution in [3.05, 3.63) is 42.1 Å². The number of imidazole rings is 1. The van der Waals surface area contributed by atoms with Gasteiger partial charge in [-0.1, -0.05) is 6.42 Å². The maximum atomic E-state index is 12.5. The molecule has 0 aromatic carbocycles. The number of pyridine rings is 1. The van der Waals surface area contributed by atoms with Crippen LogP contribution in [0, 0.1) is 0 Å². The highest BCUT2D eigenvalue weighted by Gasteiger charge is 2.23. The lowest BCUT2D eigenvalue weighted by Crippen LogP contribution is -2.36. The van der Waals surface area contributed by atoms with Crippen molar-refractivity contribution in [1.29, 1.82) is 0 Å². The predicted octanol–water partition coefficient (Wildman–Crippen LogP) is 2.34.